The van der Waals surface area contributed by atoms with Gasteiger partial charge in [0.2, 0.25) is 0 Å². The molecule has 2 rings (SSSR count). The van der Waals surface area contributed by atoms with Crippen LogP contribution in [-0.2, 0) is 6.54 Å². The number of nitro groups is 1. The first-order chi connectivity index (χ1) is 9.99. The van der Waals surface area contributed by atoms with Gasteiger partial charge in [-0.2, -0.15) is 0 Å². The van der Waals surface area contributed by atoms with Crippen molar-refractivity contribution in [2.45, 2.75) is 46.1 Å². The second-order valence-corrected chi connectivity index (χ2v) is 6.12. The maximum absolute atomic E-state index is 10.9. The molecular formula is C16H25N3O2. The highest BCUT2D eigenvalue weighted by atomic mass is 16.6. The Hall–Kier alpha value is -1.62. The van der Waals surface area contributed by atoms with Crippen LogP contribution in [0, 0.1) is 15.5 Å². The number of hydrogen-bond acceptors (Lipinski definition) is 4. The van der Waals surface area contributed by atoms with Gasteiger partial charge in [0, 0.05) is 24.4 Å². The van der Waals surface area contributed by atoms with E-state index in [-0.39, 0.29) is 10.6 Å². The van der Waals surface area contributed by atoms with E-state index in [4.69, 9.17) is 5.73 Å². The third kappa shape index (κ3) is 3.53. The summed E-state index contributed by atoms with van der Waals surface area (Å²) in [6.45, 7) is 7.35. The molecule has 1 aliphatic heterocycles. The van der Waals surface area contributed by atoms with Crippen LogP contribution in [0.3, 0.4) is 0 Å². The van der Waals surface area contributed by atoms with Gasteiger partial charge in [-0.15, -0.1) is 0 Å². The summed E-state index contributed by atoms with van der Waals surface area (Å²) in [5.74, 6) is 0. The highest BCUT2D eigenvalue weighted by molar-refractivity contribution is 5.52. The zero-order chi connectivity index (χ0) is 15.5. The summed E-state index contributed by atoms with van der Waals surface area (Å²) < 4.78 is 0. The van der Waals surface area contributed by atoms with E-state index in [0.29, 0.717) is 17.6 Å². The number of anilines is 1. The van der Waals surface area contributed by atoms with Crippen molar-refractivity contribution in [3.8, 4) is 0 Å². The van der Waals surface area contributed by atoms with Gasteiger partial charge in [-0.05, 0) is 43.0 Å². The number of nitrogens with two attached hydrogens (primary N) is 1. The van der Waals surface area contributed by atoms with E-state index in [1.807, 2.05) is 0 Å². The summed E-state index contributed by atoms with van der Waals surface area (Å²) >= 11 is 0. The lowest BCUT2D eigenvalue weighted by Gasteiger charge is -2.41. The van der Waals surface area contributed by atoms with Crippen LogP contribution in [0.5, 0.6) is 0 Å². The minimum absolute atomic E-state index is 0.118. The number of nitro benzene ring substituents is 1. The molecule has 1 fully saturated rings. The zero-order valence-electron chi connectivity index (χ0n) is 13.0. The molecule has 5 heteroatoms. The third-order valence-corrected chi connectivity index (χ3v) is 5.15. The van der Waals surface area contributed by atoms with Gasteiger partial charge in [0.25, 0.3) is 5.69 Å². The van der Waals surface area contributed by atoms with Gasteiger partial charge in [-0.25, -0.2) is 0 Å². The number of piperidine rings is 1. The fourth-order valence-electron chi connectivity index (χ4n) is 3.23. The molecule has 0 aliphatic carbocycles. The van der Waals surface area contributed by atoms with Crippen LogP contribution in [-0.4, -0.2) is 22.9 Å². The largest absolute Gasteiger partial charge is 0.398 e. The van der Waals surface area contributed by atoms with E-state index >= 15 is 0 Å². The molecule has 21 heavy (non-hydrogen) atoms. The summed E-state index contributed by atoms with van der Waals surface area (Å²) in [7, 11) is 0. The molecule has 1 heterocycles. The molecule has 1 aromatic rings. The average Bonchev–Trinajstić information content (AvgIpc) is 2.50. The highest BCUT2D eigenvalue weighted by Gasteiger charge is 2.31. The lowest BCUT2D eigenvalue weighted by Crippen LogP contribution is -2.39. The fourth-order valence-corrected chi connectivity index (χ4v) is 3.23. The number of nitrogens with zero attached hydrogens (tertiary/aromatic N) is 2. The van der Waals surface area contributed by atoms with Crippen molar-refractivity contribution < 1.29 is 4.92 Å². The summed E-state index contributed by atoms with van der Waals surface area (Å²) in [5, 5.41) is 10.9. The van der Waals surface area contributed by atoms with Gasteiger partial charge in [0.15, 0.2) is 0 Å². The van der Waals surface area contributed by atoms with Crippen molar-refractivity contribution in [1.29, 1.82) is 0 Å². The average molecular weight is 291 g/mol. The number of rotatable bonds is 5. The summed E-state index contributed by atoms with van der Waals surface area (Å²) in [4.78, 5) is 12.9. The van der Waals surface area contributed by atoms with Crippen LogP contribution in [0.25, 0.3) is 0 Å². The number of non-ortho nitro benzene ring substituents is 1. The Kier molecular flexibility index (Phi) is 4.83. The smallest absolute Gasteiger partial charge is 0.269 e. The molecule has 0 aromatic heterocycles. The molecule has 0 bridgehead atoms. The van der Waals surface area contributed by atoms with Crippen LogP contribution >= 0.6 is 0 Å². The van der Waals surface area contributed by atoms with Crippen molar-refractivity contribution in [2.24, 2.45) is 5.41 Å². The molecule has 116 valence electrons. The fraction of sp³-hybridized carbons (Fsp3) is 0.625. The molecule has 0 radical (unpaired) electrons. The lowest BCUT2D eigenvalue weighted by molar-refractivity contribution is -0.384. The topological polar surface area (TPSA) is 72.4 Å². The molecule has 1 aliphatic rings. The molecule has 1 aromatic carbocycles. The Morgan fingerprint density at radius 3 is 2.43 bits per heavy atom. The molecule has 0 amide bonds. The van der Waals surface area contributed by atoms with E-state index in [2.05, 4.69) is 18.7 Å². The molecule has 0 spiro atoms. The van der Waals surface area contributed by atoms with Gasteiger partial charge in [0.1, 0.15) is 0 Å². The van der Waals surface area contributed by atoms with Crippen LogP contribution in [0.4, 0.5) is 11.4 Å². The Morgan fingerprint density at radius 1 is 1.29 bits per heavy atom. The molecular weight excluding hydrogens is 266 g/mol. The highest BCUT2D eigenvalue weighted by Crippen LogP contribution is 2.38. The van der Waals surface area contributed by atoms with Gasteiger partial charge >= 0.3 is 0 Å². The van der Waals surface area contributed by atoms with Crippen LogP contribution in [0.1, 0.15) is 45.1 Å². The second-order valence-electron chi connectivity index (χ2n) is 6.12. The zero-order valence-corrected chi connectivity index (χ0v) is 13.0. The monoisotopic (exact) mass is 291 g/mol. The van der Waals surface area contributed by atoms with E-state index in [9.17, 15) is 10.1 Å². The molecule has 0 unspecified atom stereocenters. The van der Waals surface area contributed by atoms with Crippen molar-refractivity contribution >= 4 is 11.4 Å². The van der Waals surface area contributed by atoms with E-state index in [0.717, 1.165) is 18.7 Å². The Balaban J connectivity index is 2.03. The van der Waals surface area contributed by atoms with E-state index < -0.39 is 0 Å². The lowest BCUT2D eigenvalue weighted by atomic mass is 9.74. The van der Waals surface area contributed by atoms with Gasteiger partial charge < -0.3 is 5.73 Å². The SMILES string of the molecule is CCC1(CC)CCN(Cc2cc([N+](=O)[O-])ccc2N)CC1. The summed E-state index contributed by atoms with van der Waals surface area (Å²) in [6.07, 6.45) is 4.87. The first-order valence-corrected chi connectivity index (χ1v) is 7.75. The number of nitrogen functional groups attached to an aromatic ring is 1. The number of benzene rings is 1. The minimum atomic E-state index is -0.363. The second kappa shape index (κ2) is 6.43. The quantitative estimate of drug-likeness (QED) is 0.511. The minimum Gasteiger partial charge on any atom is -0.398 e. The molecule has 5 nitrogen and oxygen atoms in total. The van der Waals surface area contributed by atoms with E-state index in [1.165, 1.54) is 31.7 Å². The Bertz CT molecular complexity index is 502. The molecule has 1 saturated heterocycles. The predicted molar refractivity (Wildman–Crippen MR) is 85.0 cm³/mol. The molecule has 2 N–H and O–H groups in total. The Labute approximate surface area is 126 Å². The summed E-state index contributed by atoms with van der Waals surface area (Å²) in [6, 6.07) is 4.71. The maximum Gasteiger partial charge on any atom is 0.269 e. The maximum atomic E-state index is 10.9. The van der Waals surface area contributed by atoms with Crippen LogP contribution in [0.15, 0.2) is 18.2 Å². The van der Waals surface area contributed by atoms with Crippen molar-refractivity contribution in [2.75, 3.05) is 18.8 Å². The number of hydrogen-bond donors (Lipinski definition) is 1. The van der Waals surface area contributed by atoms with Crippen LogP contribution < -0.4 is 5.73 Å². The molecule has 0 saturated carbocycles. The molecule has 0 atom stereocenters. The Morgan fingerprint density at radius 2 is 1.90 bits per heavy atom. The predicted octanol–water partition coefficient (Wildman–Crippen LogP) is 3.58. The van der Waals surface area contributed by atoms with Crippen molar-refractivity contribution in [3.63, 3.8) is 0 Å². The van der Waals surface area contributed by atoms with Crippen LogP contribution in [0.2, 0.25) is 0 Å². The van der Waals surface area contributed by atoms with Crippen molar-refractivity contribution in [1.82, 2.24) is 4.90 Å². The first-order valence-electron chi connectivity index (χ1n) is 7.75. The standard InChI is InChI=1S/C16H25N3O2/c1-3-16(4-2)7-9-18(10-8-16)12-13-11-14(19(20)21)5-6-15(13)17/h5-6,11H,3-4,7-10,12,17H2,1-2H3. The van der Waals surface area contributed by atoms with Gasteiger partial charge in [-0.3, -0.25) is 15.0 Å². The van der Waals surface area contributed by atoms with Gasteiger partial charge in [0.05, 0.1) is 4.92 Å². The summed E-state index contributed by atoms with van der Waals surface area (Å²) in [5.41, 5.74) is 8.08. The normalized spacial score (nSPS) is 18.6. The van der Waals surface area contributed by atoms with Crippen molar-refractivity contribution in [3.05, 3.63) is 33.9 Å². The first kappa shape index (κ1) is 15.8. The third-order valence-electron chi connectivity index (χ3n) is 5.15. The van der Waals surface area contributed by atoms with Gasteiger partial charge in [-0.1, -0.05) is 26.7 Å². The van der Waals surface area contributed by atoms with E-state index in [1.54, 1.807) is 12.1 Å². The number of likely N-dealkylation sites (tertiary alicyclic amines) is 1.